The molecule has 0 amide bonds. The highest BCUT2D eigenvalue weighted by Crippen LogP contribution is 2.22. The van der Waals surface area contributed by atoms with E-state index < -0.39 is 5.97 Å². The van der Waals surface area contributed by atoms with Crippen LogP contribution in [0.5, 0.6) is 0 Å². The first-order chi connectivity index (χ1) is 12.8. The van der Waals surface area contributed by atoms with Crippen LogP contribution in [-0.2, 0) is 4.74 Å². The van der Waals surface area contributed by atoms with Crippen molar-refractivity contribution >= 4 is 17.6 Å². The van der Waals surface area contributed by atoms with Gasteiger partial charge >= 0.3 is 5.97 Å². The summed E-state index contributed by atoms with van der Waals surface area (Å²) in [4.78, 5) is 24.7. The maximum absolute atomic E-state index is 12.6. The number of aryl methyl sites for hydroxylation is 3. The Morgan fingerprint density at radius 1 is 1.15 bits per heavy atom. The molecule has 7 nitrogen and oxygen atoms in total. The molecule has 0 atom stereocenters. The summed E-state index contributed by atoms with van der Waals surface area (Å²) in [5.41, 5.74) is 10.3. The largest absolute Gasteiger partial charge is 0.453 e. The number of anilines is 1. The van der Waals surface area contributed by atoms with Crippen molar-refractivity contribution in [3.05, 3.63) is 64.1 Å². The quantitative estimate of drug-likeness (QED) is 0.548. The zero-order chi connectivity index (χ0) is 19.7. The molecule has 3 aromatic rings. The standard InChI is InChI=1S/C20H21N3O4/c1-11-5-7-15(8-6-11)23-12(2)9-16(14(23)4)17(24)10-26-20(25)18-13(3)22-27-19(18)21/h5-9H,10,21H2,1-4H3. The van der Waals surface area contributed by atoms with Crippen molar-refractivity contribution in [2.24, 2.45) is 0 Å². The van der Waals surface area contributed by atoms with Crippen molar-refractivity contribution in [3.63, 3.8) is 0 Å². The van der Waals surface area contributed by atoms with Gasteiger partial charge in [-0.05, 0) is 45.9 Å². The van der Waals surface area contributed by atoms with E-state index in [1.807, 2.05) is 49.6 Å². The summed E-state index contributed by atoms with van der Waals surface area (Å²) in [5, 5.41) is 3.60. The number of carbonyl (C=O) groups is 2. The number of rotatable bonds is 5. The average Bonchev–Trinajstić information content (AvgIpc) is 3.12. The monoisotopic (exact) mass is 367 g/mol. The van der Waals surface area contributed by atoms with E-state index in [0.29, 0.717) is 11.3 Å². The van der Waals surface area contributed by atoms with E-state index in [0.717, 1.165) is 22.6 Å². The summed E-state index contributed by atoms with van der Waals surface area (Å²) in [7, 11) is 0. The zero-order valence-electron chi connectivity index (χ0n) is 15.7. The number of hydrogen-bond donors (Lipinski definition) is 1. The van der Waals surface area contributed by atoms with Crippen molar-refractivity contribution in [2.45, 2.75) is 27.7 Å². The highest BCUT2D eigenvalue weighted by Gasteiger charge is 2.23. The normalized spacial score (nSPS) is 10.8. The fourth-order valence-corrected chi connectivity index (χ4v) is 3.05. The second-order valence-electron chi connectivity index (χ2n) is 6.46. The highest BCUT2D eigenvalue weighted by molar-refractivity contribution is 6.01. The topological polar surface area (TPSA) is 100 Å². The number of benzene rings is 1. The summed E-state index contributed by atoms with van der Waals surface area (Å²) in [6, 6.07) is 9.83. The number of Topliss-reactive ketones (excluding diaryl/α,β-unsaturated/α-hetero) is 1. The zero-order valence-corrected chi connectivity index (χ0v) is 15.7. The molecule has 0 saturated heterocycles. The van der Waals surface area contributed by atoms with Gasteiger partial charge in [0.1, 0.15) is 5.56 Å². The van der Waals surface area contributed by atoms with Crippen molar-refractivity contribution in [1.82, 2.24) is 9.72 Å². The van der Waals surface area contributed by atoms with Gasteiger partial charge in [0.2, 0.25) is 11.7 Å². The van der Waals surface area contributed by atoms with Gasteiger partial charge < -0.3 is 19.6 Å². The summed E-state index contributed by atoms with van der Waals surface area (Å²) in [6.07, 6.45) is 0. The Labute approximate surface area is 156 Å². The molecule has 0 radical (unpaired) electrons. The van der Waals surface area contributed by atoms with E-state index in [2.05, 4.69) is 5.16 Å². The lowest BCUT2D eigenvalue weighted by molar-refractivity contribution is 0.0474. The first kappa shape index (κ1) is 18.4. The van der Waals surface area contributed by atoms with Crippen LogP contribution in [0.1, 0.15) is 43.4 Å². The third-order valence-corrected chi connectivity index (χ3v) is 4.45. The van der Waals surface area contributed by atoms with Crippen LogP contribution in [0.4, 0.5) is 5.88 Å². The Kier molecular flexibility index (Phi) is 4.85. The Morgan fingerprint density at radius 2 is 1.81 bits per heavy atom. The molecule has 2 N–H and O–H groups in total. The van der Waals surface area contributed by atoms with Crippen molar-refractivity contribution in [2.75, 3.05) is 12.3 Å². The van der Waals surface area contributed by atoms with Gasteiger partial charge in [-0.15, -0.1) is 0 Å². The van der Waals surface area contributed by atoms with E-state index in [1.165, 1.54) is 0 Å². The minimum Gasteiger partial charge on any atom is -0.453 e. The van der Waals surface area contributed by atoms with Gasteiger partial charge in [-0.25, -0.2) is 4.79 Å². The van der Waals surface area contributed by atoms with Crippen LogP contribution in [0.3, 0.4) is 0 Å². The Hall–Kier alpha value is -3.35. The maximum Gasteiger partial charge on any atom is 0.346 e. The first-order valence-electron chi connectivity index (χ1n) is 8.47. The van der Waals surface area contributed by atoms with Gasteiger partial charge in [-0.2, -0.15) is 0 Å². The predicted octanol–water partition coefficient (Wildman–Crippen LogP) is 3.32. The Bertz CT molecular complexity index is 993. The lowest BCUT2D eigenvalue weighted by atomic mass is 10.1. The smallest absolute Gasteiger partial charge is 0.346 e. The summed E-state index contributed by atoms with van der Waals surface area (Å²) in [6.45, 7) is 7.00. The van der Waals surface area contributed by atoms with Crippen molar-refractivity contribution in [1.29, 1.82) is 0 Å². The van der Waals surface area contributed by atoms with E-state index in [1.54, 1.807) is 13.0 Å². The van der Waals surface area contributed by atoms with Gasteiger partial charge in [0, 0.05) is 22.6 Å². The van der Waals surface area contributed by atoms with Gasteiger partial charge in [0.15, 0.2) is 6.61 Å². The molecule has 0 saturated carbocycles. The minimum atomic E-state index is -0.730. The Morgan fingerprint density at radius 3 is 2.41 bits per heavy atom. The first-order valence-corrected chi connectivity index (χ1v) is 8.47. The lowest BCUT2D eigenvalue weighted by Crippen LogP contribution is -2.16. The number of esters is 1. The third kappa shape index (κ3) is 3.48. The number of aromatic nitrogens is 2. The van der Waals surface area contributed by atoms with E-state index in [-0.39, 0.29) is 23.8 Å². The van der Waals surface area contributed by atoms with E-state index >= 15 is 0 Å². The van der Waals surface area contributed by atoms with Gasteiger partial charge in [0.25, 0.3) is 0 Å². The summed E-state index contributed by atoms with van der Waals surface area (Å²) >= 11 is 0. The molecule has 140 valence electrons. The molecule has 2 heterocycles. The molecule has 0 spiro atoms. The number of carbonyl (C=O) groups excluding carboxylic acids is 2. The number of nitrogen functional groups attached to an aromatic ring is 1. The number of hydrogen-bond acceptors (Lipinski definition) is 6. The number of nitrogens with zero attached hydrogens (tertiary/aromatic N) is 2. The lowest BCUT2D eigenvalue weighted by Gasteiger charge is -2.10. The van der Waals surface area contributed by atoms with Crippen LogP contribution in [0.15, 0.2) is 34.9 Å². The van der Waals surface area contributed by atoms with Crippen molar-refractivity contribution in [3.8, 4) is 5.69 Å². The molecular formula is C20H21N3O4. The van der Waals surface area contributed by atoms with E-state index in [9.17, 15) is 9.59 Å². The van der Waals surface area contributed by atoms with Crippen LogP contribution in [0.2, 0.25) is 0 Å². The second kappa shape index (κ2) is 7.11. The summed E-state index contributed by atoms with van der Waals surface area (Å²) in [5.74, 6) is -1.14. The van der Waals surface area contributed by atoms with Crippen LogP contribution >= 0.6 is 0 Å². The van der Waals surface area contributed by atoms with Gasteiger partial charge in [0.05, 0.1) is 5.69 Å². The summed E-state index contributed by atoms with van der Waals surface area (Å²) < 4.78 is 11.9. The second-order valence-corrected chi connectivity index (χ2v) is 6.46. The fraction of sp³-hybridized carbons (Fsp3) is 0.250. The van der Waals surface area contributed by atoms with Crippen LogP contribution in [0.25, 0.3) is 5.69 Å². The molecule has 27 heavy (non-hydrogen) atoms. The van der Waals surface area contributed by atoms with Crippen LogP contribution in [0, 0.1) is 27.7 Å². The molecular weight excluding hydrogens is 346 g/mol. The third-order valence-electron chi connectivity index (χ3n) is 4.45. The molecule has 0 aliphatic carbocycles. The molecule has 0 aliphatic rings. The average molecular weight is 367 g/mol. The molecule has 0 bridgehead atoms. The maximum atomic E-state index is 12.6. The highest BCUT2D eigenvalue weighted by atomic mass is 16.5. The van der Waals surface area contributed by atoms with Crippen molar-refractivity contribution < 1.29 is 18.8 Å². The van der Waals surface area contributed by atoms with E-state index in [4.69, 9.17) is 15.0 Å². The van der Waals surface area contributed by atoms with Gasteiger partial charge in [-0.1, -0.05) is 22.9 Å². The van der Waals surface area contributed by atoms with Crippen LogP contribution < -0.4 is 5.73 Å². The minimum absolute atomic E-state index is 0.0490. The molecule has 2 aromatic heterocycles. The number of ketones is 1. The number of nitrogens with two attached hydrogens (primary N) is 1. The molecule has 0 unspecified atom stereocenters. The molecule has 3 rings (SSSR count). The predicted molar refractivity (Wildman–Crippen MR) is 100 cm³/mol. The molecule has 0 fully saturated rings. The SMILES string of the molecule is Cc1ccc(-n2c(C)cc(C(=O)COC(=O)c3c(C)noc3N)c2C)cc1. The Balaban J connectivity index is 1.79. The van der Waals surface area contributed by atoms with Gasteiger partial charge in [-0.3, -0.25) is 4.79 Å². The molecule has 7 heteroatoms. The fourth-order valence-electron chi connectivity index (χ4n) is 3.05. The molecule has 0 aliphatic heterocycles. The molecule has 1 aromatic carbocycles. The van der Waals surface area contributed by atoms with Crippen LogP contribution in [-0.4, -0.2) is 28.1 Å². The number of ether oxygens (including phenoxy) is 1.